The van der Waals surface area contributed by atoms with Crippen molar-refractivity contribution in [2.75, 3.05) is 10.6 Å². The Hall–Kier alpha value is -2.53. The second kappa shape index (κ2) is 8.03. The minimum atomic E-state index is -0.524. The van der Waals surface area contributed by atoms with E-state index in [0.717, 1.165) is 16.8 Å². The highest BCUT2D eigenvalue weighted by Crippen LogP contribution is 2.22. The van der Waals surface area contributed by atoms with Crippen LogP contribution in [0.5, 0.6) is 0 Å². The summed E-state index contributed by atoms with van der Waals surface area (Å²) in [5.41, 5.74) is 3.08. The summed E-state index contributed by atoms with van der Waals surface area (Å²) in [6.07, 6.45) is -0.470. The lowest BCUT2D eigenvalue weighted by molar-refractivity contribution is 0.0636. The van der Waals surface area contributed by atoms with E-state index in [2.05, 4.69) is 17.6 Å². The number of aliphatic hydroxyl groups excluding tert-OH is 1. The van der Waals surface area contributed by atoms with Crippen molar-refractivity contribution >= 4 is 17.5 Å². The molecule has 0 radical (unpaired) electrons. The first kappa shape index (κ1) is 18.8. The van der Waals surface area contributed by atoms with Crippen LogP contribution in [0.3, 0.4) is 0 Å². The molecule has 0 saturated heterocycles. The Balaban J connectivity index is 1.96. The van der Waals surface area contributed by atoms with Gasteiger partial charge in [-0.1, -0.05) is 24.3 Å². The van der Waals surface area contributed by atoms with Gasteiger partial charge in [0.05, 0.1) is 6.61 Å². The number of nitrogens with one attached hydrogen (secondary N) is 2. The van der Waals surface area contributed by atoms with Gasteiger partial charge in [-0.2, -0.15) is 0 Å². The Morgan fingerprint density at radius 2 is 1.76 bits per heavy atom. The molecule has 0 heterocycles. The minimum absolute atomic E-state index is 0.0333. The van der Waals surface area contributed by atoms with Gasteiger partial charge in [-0.05, 0) is 63.1 Å². The highest BCUT2D eigenvalue weighted by atomic mass is 16.6. The van der Waals surface area contributed by atoms with Crippen LogP contribution in [-0.2, 0) is 11.3 Å². The topological polar surface area (TPSA) is 70.6 Å². The zero-order chi connectivity index (χ0) is 18.4. The van der Waals surface area contributed by atoms with Crippen molar-refractivity contribution in [1.82, 2.24) is 0 Å². The molecule has 0 bridgehead atoms. The molecule has 2 rings (SSSR count). The molecule has 3 N–H and O–H groups in total. The summed E-state index contributed by atoms with van der Waals surface area (Å²) in [7, 11) is 0. The predicted octanol–water partition coefficient (Wildman–Crippen LogP) is 4.70. The first-order valence-corrected chi connectivity index (χ1v) is 8.33. The van der Waals surface area contributed by atoms with Crippen LogP contribution in [0.1, 0.15) is 44.9 Å². The Bertz CT molecular complexity index is 706. The molecule has 0 fully saturated rings. The summed E-state index contributed by atoms with van der Waals surface area (Å²) >= 11 is 0. The average molecular weight is 342 g/mol. The molecule has 1 amide bonds. The molecular weight excluding hydrogens is 316 g/mol. The largest absolute Gasteiger partial charge is 0.444 e. The van der Waals surface area contributed by atoms with E-state index in [-0.39, 0.29) is 12.6 Å². The molecule has 0 aromatic heterocycles. The zero-order valence-electron chi connectivity index (χ0n) is 15.2. The number of hydrogen-bond donors (Lipinski definition) is 3. The van der Waals surface area contributed by atoms with Gasteiger partial charge in [0, 0.05) is 17.4 Å². The maximum atomic E-state index is 11.8. The fraction of sp³-hybridized carbons (Fsp3) is 0.350. The van der Waals surface area contributed by atoms with Crippen LogP contribution in [0, 0.1) is 0 Å². The van der Waals surface area contributed by atoms with Gasteiger partial charge in [-0.15, -0.1) is 0 Å². The van der Waals surface area contributed by atoms with Crippen molar-refractivity contribution in [3.8, 4) is 0 Å². The maximum absolute atomic E-state index is 11.8. The van der Waals surface area contributed by atoms with E-state index in [1.165, 1.54) is 0 Å². The van der Waals surface area contributed by atoms with Crippen LogP contribution < -0.4 is 10.6 Å². The van der Waals surface area contributed by atoms with Gasteiger partial charge >= 0.3 is 6.09 Å². The van der Waals surface area contributed by atoms with Crippen LogP contribution in [0.4, 0.5) is 16.2 Å². The summed E-state index contributed by atoms with van der Waals surface area (Å²) in [6, 6.07) is 15.4. The van der Waals surface area contributed by atoms with Gasteiger partial charge in [0.15, 0.2) is 0 Å². The number of benzene rings is 2. The molecule has 134 valence electrons. The fourth-order valence-corrected chi connectivity index (χ4v) is 2.37. The minimum Gasteiger partial charge on any atom is -0.444 e. The molecule has 1 unspecified atom stereocenters. The van der Waals surface area contributed by atoms with E-state index >= 15 is 0 Å². The molecule has 0 saturated carbocycles. The molecule has 2 aromatic rings. The summed E-state index contributed by atoms with van der Waals surface area (Å²) in [4.78, 5) is 11.8. The first-order chi connectivity index (χ1) is 11.8. The van der Waals surface area contributed by atoms with Gasteiger partial charge in [0.25, 0.3) is 0 Å². The number of carbonyl (C=O) groups excluding carboxylic acids is 1. The number of rotatable bonds is 5. The normalized spacial score (nSPS) is 12.4. The van der Waals surface area contributed by atoms with Crippen LogP contribution in [0.15, 0.2) is 48.5 Å². The van der Waals surface area contributed by atoms with Crippen molar-refractivity contribution in [3.05, 3.63) is 59.7 Å². The Morgan fingerprint density at radius 3 is 2.36 bits per heavy atom. The van der Waals surface area contributed by atoms with E-state index < -0.39 is 11.7 Å². The quantitative estimate of drug-likeness (QED) is 0.736. The summed E-state index contributed by atoms with van der Waals surface area (Å²) < 4.78 is 5.23. The number of amides is 1. The van der Waals surface area contributed by atoms with E-state index in [1.807, 2.05) is 69.3 Å². The molecule has 2 aromatic carbocycles. The van der Waals surface area contributed by atoms with E-state index in [1.54, 1.807) is 0 Å². The molecule has 1 atom stereocenters. The number of carbonyl (C=O) groups is 1. The first-order valence-electron chi connectivity index (χ1n) is 8.33. The second-order valence-electron chi connectivity index (χ2n) is 6.97. The Morgan fingerprint density at radius 1 is 1.12 bits per heavy atom. The maximum Gasteiger partial charge on any atom is 0.412 e. The third-order valence-electron chi connectivity index (χ3n) is 3.55. The number of hydrogen-bond acceptors (Lipinski definition) is 4. The molecule has 5 heteroatoms. The van der Waals surface area contributed by atoms with E-state index in [9.17, 15) is 9.90 Å². The smallest absolute Gasteiger partial charge is 0.412 e. The number of ether oxygens (including phenoxy) is 1. The van der Waals surface area contributed by atoms with Gasteiger partial charge in [-0.25, -0.2) is 4.79 Å². The van der Waals surface area contributed by atoms with E-state index in [0.29, 0.717) is 5.69 Å². The standard InChI is InChI=1S/C20H26N2O3/c1-14(16-7-5-6-15(12-16)13-23)21-17-8-10-18(11-9-17)22-19(24)25-20(2,3)4/h5-12,14,21,23H,13H2,1-4H3,(H,22,24). The van der Waals surface area contributed by atoms with Crippen LogP contribution in [0.2, 0.25) is 0 Å². The van der Waals surface area contributed by atoms with Crippen LogP contribution >= 0.6 is 0 Å². The Labute approximate surface area is 149 Å². The summed E-state index contributed by atoms with van der Waals surface area (Å²) in [5, 5.41) is 15.4. The molecule has 0 aliphatic carbocycles. The number of aliphatic hydroxyl groups is 1. The van der Waals surface area contributed by atoms with Crippen molar-refractivity contribution in [3.63, 3.8) is 0 Å². The summed E-state index contributed by atoms with van der Waals surface area (Å²) in [5.74, 6) is 0. The predicted molar refractivity (Wildman–Crippen MR) is 101 cm³/mol. The molecule has 5 nitrogen and oxygen atoms in total. The highest BCUT2D eigenvalue weighted by molar-refractivity contribution is 5.85. The van der Waals surface area contributed by atoms with Crippen molar-refractivity contribution in [2.45, 2.75) is 45.9 Å². The van der Waals surface area contributed by atoms with Gasteiger partial charge in [0.2, 0.25) is 0 Å². The summed E-state index contributed by atoms with van der Waals surface area (Å²) in [6.45, 7) is 7.57. The SMILES string of the molecule is CC(Nc1ccc(NC(=O)OC(C)(C)C)cc1)c1cccc(CO)c1. The average Bonchev–Trinajstić information content (AvgIpc) is 2.55. The third kappa shape index (κ3) is 6.12. The molecule has 0 spiro atoms. The zero-order valence-corrected chi connectivity index (χ0v) is 15.2. The van der Waals surface area contributed by atoms with E-state index in [4.69, 9.17) is 4.74 Å². The van der Waals surface area contributed by atoms with Crippen molar-refractivity contribution < 1.29 is 14.6 Å². The molecule has 0 aliphatic heterocycles. The molecular formula is C20H26N2O3. The monoisotopic (exact) mass is 342 g/mol. The lowest BCUT2D eigenvalue weighted by Crippen LogP contribution is -2.27. The third-order valence-corrected chi connectivity index (χ3v) is 3.55. The Kier molecular flexibility index (Phi) is 6.04. The van der Waals surface area contributed by atoms with Gasteiger partial charge in [0.1, 0.15) is 5.60 Å². The van der Waals surface area contributed by atoms with Crippen LogP contribution in [-0.4, -0.2) is 16.8 Å². The second-order valence-corrected chi connectivity index (χ2v) is 6.97. The lowest BCUT2D eigenvalue weighted by Gasteiger charge is -2.20. The number of anilines is 2. The molecule has 25 heavy (non-hydrogen) atoms. The fourth-order valence-electron chi connectivity index (χ4n) is 2.37. The van der Waals surface area contributed by atoms with Crippen molar-refractivity contribution in [2.24, 2.45) is 0 Å². The van der Waals surface area contributed by atoms with Crippen molar-refractivity contribution in [1.29, 1.82) is 0 Å². The highest BCUT2D eigenvalue weighted by Gasteiger charge is 2.16. The van der Waals surface area contributed by atoms with Gasteiger partial charge in [-0.3, -0.25) is 5.32 Å². The lowest BCUT2D eigenvalue weighted by atomic mass is 10.1. The van der Waals surface area contributed by atoms with Crippen LogP contribution in [0.25, 0.3) is 0 Å². The molecule has 0 aliphatic rings. The van der Waals surface area contributed by atoms with Gasteiger partial charge < -0.3 is 15.2 Å².